The van der Waals surface area contributed by atoms with Crippen molar-refractivity contribution in [3.63, 3.8) is 0 Å². The summed E-state index contributed by atoms with van der Waals surface area (Å²) in [5, 5.41) is 20.9. The second-order valence-corrected chi connectivity index (χ2v) is 15.8. The minimum Gasteiger partial charge on any atom is -0.308 e. The number of alkyl halides is 6. The second-order valence-electron chi connectivity index (χ2n) is 15.8. The summed E-state index contributed by atoms with van der Waals surface area (Å²) >= 11 is 0. The highest BCUT2D eigenvalue weighted by molar-refractivity contribution is 6.12. The predicted octanol–water partition coefficient (Wildman–Crippen LogP) is 15.4. The minimum atomic E-state index is -5.08. The molecule has 8 aromatic carbocycles. The first kappa shape index (κ1) is 42.2. The Labute approximate surface area is 379 Å². The van der Waals surface area contributed by atoms with Crippen LogP contribution in [0.2, 0.25) is 0 Å². The molecular weight excluding hydrogens is 857 g/mol. The number of fused-ring (bicyclic) bond motifs is 3. The van der Waals surface area contributed by atoms with E-state index in [1.54, 1.807) is 36.4 Å². The first-order valence-electron chi connectivity index (χ1n) is 20.9. The molecule has 0 aliphatic carbocycles. The van der Waals surface area contributed by atoms with Crippen molar-refractivity contribution in [3.05, 3.63) is 210 Å². The zero-order chi connectivity index (χ0) is 46.5. The maximum atomic E-state index is 14.6. The molecule has 0 saturated carbocycles. The first-order chi connectivity index (χ1) is 32.4. The molecule has 0 aliphatic rings. The molecule has 322 valence electrons. The van der Waals surface area contributed by atoms with Gasteiger partial charge in [-0.3, -0.25) is 0 Å². The number of halogens is 6. The molecule has 10 aromatic rings. The molecule has 0 radical (unpaired) electrons. The summed E-state index contributed by atoms with van der Waals surface area (Å²) < 4.78 is 86.9. The third kappa shape index (κ3) is 7.94. The van der Waals surface area contributed by atoms with Crippen molar-refractivity contribution in [1.82, 2.24) is 14.5 Å². The molecule has 2 aromatic heterocycles. The molecule has 10 rings (SSSR count). The van der Waals surface area contributed by atoms with Gasteiger partial charge in [-0.05, 0) is 95.1 Å². The van der Waals surface area contributed by atoms with Crippen LogP contribution < -0.4 is 0 Å². The Bertz CT molecular complexity index is 3470. The van der Waals surface area contributed by atoms with Crippen LogP contribution in [0.25, 0.3) is 94.8 Å². The van der Waals surface area contributed by atoms with E-state index in [1.165, 1.54) is 6.07 Å². The maximum Gasteiger partial charge on any atom is 0.417 e. The summed E-state index contributed by atoms with van der Waals surface area (Å²) in [5.74, 6) is 0.501. The molecule has 5 nitrogen and oxygen atoms in total. The smallest absolute Gasteiger partial charge is 0.308 e. The fourth-order valence-electron chi connectivity index (χ4n) is 8.57. The SMILES string of the molecule is N#Cc1ccc(-c2cc(-c3cc(-c4ccccc4)nc(-c4ccccc4)n3)cc(-c3ccc(C#N)cc3)c2-n2c3ccccc3c3cc(-c4ccc(C(F)(F)F)cc4C(F)(F)F)ccc32)cc1. The van der Waals surface area contributed by atoms with E-state index in [2.05, 4.69) is 12.1 Å². The van der Waals surface area contributed by atoms with Gasteiger partial charge in [0.1, 0.15) is 0 Å². The van der Waals surface area contributed by atoms with Gasteiger partial charge in [0.15, 0.2) is 5.82 Å². The third-order valence-corrected chi connectivity index (χ3v) is 11.7. The van der Waals surface area contributed by atoms with Gasteiger partial charge in [0, 0.05) is 38.6 Å². The summed E-state index contributed by atoms with van der Waals surface area (Å²) in [6.07, 6.45) is -10.1. The fourth-order valence-corrected chi connectivity index (χ4v) is 8.57. The Balaban J connectivity index is 1.29. The average Bonchev–Trinajstić information content (AvgIpc) is 3.69. The lowest BCUT2D eigenvalue weighted by Crippen LogP contribution is -2.12. The standard InChI is InChI=1S/C56H31F6N5/c57-55(58,59)42-24-25-43(48(30-42)56(60,61)62)40-23-26-52-47(27-40)44-13-7-8-14-51(44)67(52)53-45(36-19-15-34(32-63)16-20-36)28-41(29-46(53)37-21-17-35(33-64)18-22-37)50-31-49(38-9-3-1-4-10-38)65-54(66-50)39-11-5-2-6-12-39/h1-31H. The van der Waals surface area contributed by atoms with Gasteiger partial charge >= 0.3 is 12.4 Å². The van der Waals surface area contributed by atoms with E-state index in [4.69, 9.17) is 9.97 Å². The van der Waals surface area contributed by atoms with Crippen LogP contribution in [0.3, 0.4) is 0 Å². The van der Waals surface area contributed by atoms with Crippen LogP contribution in [-0.4, -0.2) is 14.5 Å². The lowest BCUT2D eigenvalue weighted by atomic mass is 9.91. The van der Waals surface area contributed by atoms with Crippen LogP contribution in [-0.2, 0) is 12.4 Å². The van der Waals surface area contributed by atoms with Gasteiger partial charge in [0.25, 0.3) is 0 Å². The summed E-state index contributed by atoms with van der Waals surface area (Å²) in [6, 6.07) is 57.9. The normalized spacial score (nSPS) is 11.7. The summed E-state index contributed by atoms with van der Waals surface area (Å²) in [7, 11) is 0. The Morgan fingerprint density at radius 3 is 1.49 bits per heavy atom. The van der Waals surface area contributed by atoms with Crippen LogP contribution >= 0.6 is 0 Å². The molecule has 0 bridgehead atoms. The van der Waals surface area contributed by atoms with Gasteiger partial charge in [-0.1, -0.05) is 115 Å². The van der Waals surface area contributed by atoms with Gasteiger partial charge in [0.2, 0.25) is 0 Å². The van der Waals surface area contributed by atoms with E-state index in [0.717, 1.165) is 28.3 Å². The Hall–Kier alpha value is -8.80. The number of benzene rings is 8. The van der Waals surface area contributed by atoms with E-state index >= 15 is 0 Å². The summed E-state index contributed by atoms with van der Waals surface area (Å²) in [6.45, 7) is 0. The largest absolute Gasteiger partial charge is 0.417 e. The van der Waals surface area contributed by atoms with Crippen molar-refractivity contribution in [2.75, 3.05) is 0 Å². The Kier molecular flexibility index (Phi) is 10.5. The molecule has 0 atom stereocenters. The number of hydrogen-bond donors (Lipinski definition) is 0. The maximum absolute atomic E-state index is 14.6. The molecule has 67 heavy (non-hydrogen) atoms. The van der Waals surface area contributed by atoms with Crippen molar-refractivity contribution < 1.29 is 26.3 Å². The number of hydrogen-bond acceptors (Lipinski definition) is 4. The van der Waals surface area contributed by atoms with E-state index in [1.807, 2.05) is 132 Å². The number of rotatable bonds is 7. The first-order valence-corrected chi connectivity index (χ1v) is 20.9. The van der Waals surface area contributed by atoms with Gasteiger partial charge in [-0.2, -0.15) is 36.9 Å². The topological polar surface area (TPSA) is 78.3 Å². The highest BCUT2D eigenvalue weighted by Crippen LogP contribution is 2.46. The number of para-hydroxylation sites is 1. The second kappa shape index (κ2) is 16.6. The summed E-state index contributed by atoms with van der Waals surface area (Å²) in [5.41, 5.74) is 6.29. The molecule has 0 spiro atoms. The lowest BCUT2D eigenvalue weighted by molar-refractivity contribution is -0.142. The van der Waals surface area contributed by atoms with Crippen LogP contribution in [0.1, 0.15) is 22.3 Å². The highest BCUT2D eigenvalue weighted by atomic mass is 19.4. The van der Waals surface area contributed by atoms with Crippen LogP contribution in [0, 0.1) is 22.7 Å². The zero-order valence-corrected chi connectivity index (χ0v) is 34.9. The van der Waals surface area contributed by atoms with Gasteiger partial charge in [-0.15, -0.1) is 0 Å². The lowest BCUT2D eigenvalue weighted by Gasteiger charge is -2.21. The van der Waals surface area contributed by atoms with Crippen LogP contribution in [0.15, 0.2) is 188 Å². The monoisotopic (exact) mass is 887 g/mol. The van der Waals surface area contributed by atoms with E-state index in [9.17, 15) is 36.9 Å². The number of nitrogens with zero attached hydrogens (tertiary/aromatic N) is 5. The van der Waals surface area contributed by atoms with Gasteiger partial charge in [-0.25, -0.2) is 9.97 Å². The molecule has 0 N–H and O–H groups in total. The molecule has 2 heterocycles. The van der Waals surface area contributed by atoms with E-state index in [-0.39, 0.29) is 11.6 Å². The molecule has 0 unspecified atom stereocenters. The van der Waals surface area contributed by atoms with Crippen molar-refractivity contribution in [2.45, 2.75) is 12.4 Å². The predicted molar refractivity (Wildman–Crippen MR) is 248 cm³/mol. The van der Waals surface area contributed by atoms with Crippen molar-refractivity contribution in [1.29, 1.82) is 10.5 Å². The molecular formula is C56H31F6N5. The Morgan fingerprint density at radius 2 is 0.925 bits per heavy atom. The average molecular weight is 888 g/mol. The molecule has 11 heteroatoms. The zero-order valence-electron chi connectivity index (χ0n) is 34.9. The fraction of sp³-hybridized carbons (Fsp3) is 0.0357. The third-order valence-electron chi connectivity index (χ3n) is 11.7. The molecule has 0 fully saturated rings. The Morgan fingerprint density at radius 1 is 0.403 bits per heavy atom. The van der Waals surface area contributed by atoms with Crippen LogP contribution in [0.4, 0.5) is 26.3 Å². The van der Waals surface area contributed by atoms with Gasteiger partial charge in [0.05, 0.1) is 62.5 Å². The molecule has 0 amide bonds. The molecule has 0 aliphatic heterocycles. The quantitative estimate of drug-likeness (QED) is 0.149. The number of aromatic nitrogens is 3. The van der Waals surface area contributed by atoms with Gasteiger partial charge < -0.3 is 4.57 Å². The van der Waals surface area contributed by atoms with Crippen molar-refractivity contribution >= 4 is 21.8 Å². The molecule has 0 saturated heterocycles. The highest BCUT2D eigenvalue weighted by Gasteiger charge is 2.38. The number of nitriles is 2. The van der Waals surface area contributed by atoms with Crippen molar-refractivity contribution in [3.8, 4) is 85.1 Å². The minimum absolute atomic E-state index is 0.0821. The summed E-state index contributed by atoms with van der Waals surface area (Å²) in [4.78, 5) is 10.2. The van der Waals surface area contributed by atoms with Crippen LogP contribution in [0.5, 0.6) is 0 Å². The van der Waals surface area contributed by atoms with E-state index in [0.29, 0.717) is 78.6 Å². The van der Waals surface area contributed by atoms with Crippen molar-refractivity contribution in [2.24, 2.45) is 0 Å². The van der Waals surface area contributed by atoms with E-state index < -0.39 is 29.0 Å².